The summed E-state index contributed by atoms with van der Waals surface area (Å²) >= 11 is 0. The molecule has 42 heavy (non-hydrogen) atoms. The van der Waals surface area contributed by atoms with Gasteiger partial charge in [-0.2, -0.15) is 0 Å². The third-order valence-electron chi connectivity index (χ3n) is 5.99. The smallest absolute Gasteiger partial charge is 0.167 e. The van der Waals surface area contributed by atoms with E-state index in [4.69, 9.17) is 43.4 Å². The van der Waals surface area contributed by atoms with Gasteiger partial charge in [-0.1, -0.05) is 38.0 Å². The van der Waals surface area contributed by atoms with E-state index < -0.39 is 0 Å². The van der Waals surface area contributed by atoms with Gasteiger partial charge in [0.2, 0.25) is 0 Å². The summed E-state index contributed by atoms with van der Waals surface area (Å²) in [4.78, 5) is 14.6. The second-order valence-electron chi connectivity index (χ2n) is 8.69. The Morgan fingerprint density at radius 3 is 1.02 bits per heavy atom. The van der Waals surface area contributed by atoms with Gasteiger partial charge in [-0.05, 0) is 36.4 Å². The molecule has 0 radical (unpaired) electrons. The highest BCUT2D eigenvalue weighted by atomic mass is 16.5. The van der Waals surface area contributed by atoms with Gasteiger partial charge in [0.15, 0.2) is 17.5 Å². The minimum atomic E-state index is 0.279. The van der Waals surface area contributed by atoms with Gasteiger partial charge in [0.1, 0.15) is 54.3 Å². The normalized spacial score (nSPS) is 10.4. The first-order valence-electron chi connectivity index (χ1n) is 13.1. The van der Waals surface area contributed by atoms with Crippen LogP contribution in [0.5, 0.6) is 34.5 Å². The van der Waals surface area contributed by atoms with Crippen molar-refractivity contribution in [3.05, 3.63) is 92.6 Å². The van der Waals surface area contributed by atoms with Gasteiger partial charge < -0.3 is 28.4 Å². The predicted molar refractivity (Wildman–Crippen MR) is 163 cm³/mol. The molecule has 0 saturated carbocycles. The fourth-order valence-corrected chi connectivity index (χ4v) is 3.98. The lowest BCUT2D eigenvalue weighted by molar-refractivity contribution is 0.358. The first-order chi connectivity index (χ1) is 20.5. The average molecular weight is 568 g/mol. The van der Waals surface area contributed by atoms with Crippen molar-refractivity contribution < 1.29 is 28.4 Å². The van der Waals surface area contributed by atoms with E-state index in [0.29, 0.717) is 68.7 Å². The Morgan fingerprint density at radius 2 is 0.786 bits per heavy atom. The summed E-state index contributed by atoms with van der Waals surface area (Å²) in [7, 11) is 4.77. The molecule has 0 spiro atoms. The first kappa shape index (κ1) is 29.7. The van der Waals surface area contributed by atoms with E-state index in [1.807, 2.05) is 36.4 Å². The number of ether oxygens (including phenoxy) is 6. The molecule has 0 atom stereocenters. The zero-order valence-electron chi connectivity index (χ0n) is 24.0. The summed E-state index contributed by atoms with van der Waals surface area (Å²) < 4.78 is 34.2. The molecule has 216 valence electrons. The Balaban J connectivity index is 2.00. The molecule has 0 saturated heterocycles. The zero-order chi connectivity index (χ0) is 29.9. The van der Waals surface area contributed by atoms with Crippen LogP contribution in [-0.2, 0) is 0 Å². The maximum atomic E-state index is 5.99. The van der Waals surface area contributed by atoms with E-state index in [1.165, 1.54) is 0 Å². The van der Waals surface area contributed by atoms with E-state index >= 15 is 0 Å². The molecule has 0 amide bonds. The third-order valence-corrected chi connectivity index (χ3v) is 5.99. The molecular weight excluding hydrogens is 534 g/mol. The molecule has 3 aromatic carbocycles. The standard InChI is InChI=1S/C33H33N3O6/c1-7-16-40-28-19-22(37-4)10-13-25(28)31-34-32(26-14-11-23(38-5)20-29(26)41-17-8-2)36-33(35-31)27-15-12-24(39-6)21-30(27)42-18-9-3/h7-15,19-21H,1-3,16-18H2,4-6H3. The summed E-state index contributed by atoms with van der Waals surface area (Å²) in [5.74, 6) is 4.54. The molecule has 0 bridgehead atoms. The van der Waals surface area contributed by atoms with Crippen LogP contribution in [0.15, 0.2) is 92.6 Å². The number of aromatic nitrogens is 3. The van der Waals surface area contributed by atoms with Crippen molar-refractivity contribution in [2.24, 2.45) is 0 Å². The fraction of sp³-hybridized carbons (Fsp3) is 0.182. The Kier molecular flexibility index (Phi) is 10.1. The van der Waals surface area contributed by atoms with Crippen LogP contribution in [0.3, 0.4) is 0 Å². The fourth-order valence-electron chi connectivity index (χ4n) is 3.98. The Morgan fingerprint density at radius 1 is 0.500 bits per heavy atom. The highest BCUT2D eigenvalue weighted by Crippen LogP contribution is 2.38. The van der Waals surface area contributed by atoms with E-state index in [0.717, 1.165) is 0 Å². The molecule has 9 nitrogen and oxygen atoms in total. The lowest BCUT2D eigenvalue weighted by atomic mass is 10.1. The maximum Gasteiger partial charge on any atom is 0.167 e. The molecule has 1 heterocycles. The molecule has 1 aromatic heterocycles. The van der Waals surface area contributed by atoms with Crippen LogP contribution in [0.25, 0.3) is 34.2 Å². The predicted octanol–water partition coefficient (Wildman–Crippen LogP) is 6.59. The number of hydrogen-bond acceptors (Lipinski definition) is 9. The van der Waals surface area contributed by atoms with Gasteiger partial charge in [-0.25, -0.2) is 15.0 Å². The van der Waals surface area contributed by atoms with Gasteiger partial charge in [0.05, 0.1) is 38.0 Å². The molecule has 0 N–H and O–H groups in total. The molecule has 0 aliphatic heterocycles. The van der Waals surface area contributed by atoms with Crippen LogP contribution < -0.4 is 28.4 Å². The van der Waals surface area contributed by atoms with Crippen molar-refractivity contribution in [1.82, 2.24) is 15.0 Å². The summed E-state index contributed by atoms with van der Waals surface area (Å²) in [5.41, 5.74) is 1.89. The molecule has 0 unspecified atom stereocenters. The quantitative estimate of drug-likeness (QED) is 0.147. The van der Waals surface area contributed by atoms with Crippen molar-refractivity contribution in [2.75, 3.05) is 41.2 Å². The molecular formula is C33H33N3O6. The van der Waals surface area contributed by atoms with Gasteiger partial charge in [0, 0.05) is 18.2 Å². The van der Waals surface area contributed by atoms with Crippen molar-refractivity contribution in [3.8, 4) is 68.7 Å². The summed E-state index contributed by atoms with van der Waals surface area (Å²) in [6.07, 6.45) is 4.98. The van der Waals surface area contributed by atoms with Crippen molar-refractivity contribution >= 4 is 0 Å². The lowest BCUT2D eigenvalue weighted by Crippen LogP contribution is -2.05. The van der Waals surface area contributed by atoms with Gasteiger partial charge in [0.25, 0.3) is 0 Å². The SMILES string of the molecule is C=CCOc1cc(OC)ccc1-c1nc(-c2ccc(OC)cc2OCC=C)nc(-c2ccc(OC)cc2OCC=C)n1. The Hall–Kier alpha value is -5.31. The second kappa shape index (κ2) is 14.4. The number of nitrogens with zero attached hydrogens (tertiary/aromatic N) is 3. The molecule has 4 rings (SSSR count). The highest BCUT2D eigenvalue weighted by Gasteiger charge is 2.21. The topological polar surface area (TPSA) is 94.1 Å². The van der Waals surface area contributed by atoms with Crippen LogP contribution in [0.4, 0.5) is 0 Å². The van der Waals surface area contributed by atoms with E-state index in [-0.39, 0.29) is 19.8 Å². The molecule has 0 aliphatic carbocycles. The van der Waals surface area contributed by atoms with E-state index in [9.17, 15) is 0 Å². The Bertz CT molecular complexity index is 1370. The number of rotatable bonds is 15. The summed E-state index contributed by atoms with van der Waals surface area (Å²) in [5, 5.41) is 0. The minimum absolute atomic E-state index is 0.279. The van der Waals surface area contributed by atoms with Crippen LogP contribution in [-0.4, -0.2) is 56.1 Å². The summed E-state index contributed by atoms with van der Waals surface area (Å²) in [6.45, 7) is 12.1. The summed E-state index contributed by atoms with van der Waals surface area (Å²) in [6, 6.07) is 16.3. The van der Waals surface area contributed by atoms with Crippen LogP contribution in [0.2, 0.25) is 0 Å². The monoisotopic (exact) mass is 567 g/mol. The third kappa shape index (κ3) is 6.87. The zero-order valence-corrected chi connectivity index (χ0v) is 24.0. The first-order valence-corrected chi connectivity index (χ1v) is 13.1. The second-order valence-corrected chi connectivity index (χ2v) is 8.69. The van der Waals surface area contributed by atoms with Crippen LogP contribution >= 0.6 is 0 Å². The molecule has 0 fully saturated rings. The van der Waals surface area contributed by atoms with Gasteiger partial charge in [-0.3, -0.25) is 0 Å². The van der Waals surface area contributed by atoms with Crippen molar-refractivity contribution in [3.63, 3.8) is 0 Å². The van der Waals surface area contributed by atoms with Crippen molar-refractivity contribution in [2.45, 2.75) is 0 Å². The molecule has 4 aromatic rings. The van der Waals surface area contributed by atoms with Crippen LogP contribution in [0.1, 0.15) is 0 Å². The largest absolute Gasteiger partial charge is 0.497 e. The highest BCUT2D eigenvalue weighted by molar-refractivity contribution is 5.75. The van der Waals surface area contributed by atoms with Crippen LogP contribution in [0, 0.1) is 0 Å². The van der Waals surface area contributed by atoms with E-state index in [2.05, 4.69) is 19.7 Å². The minimum Gasteiger partial charge on any atom is -0.497 e. The molecule has 9 heteroatoms. The number of benzene rings is 3. The number of methoxy groups -OCH3 is 3. The van der Waals surface area contributed by atoms with Gasteiger partial charge in [-0.15, -0.1) is 0 Å². The van der Waals surface area contributed by atoms with Crippen molar-refractivity contribution in [1.29, 1.82) is 0 Å². The Labute approximate surface area is 245 Å². The van der Waals surface area contributed by atoms with Gasteiger partial charge >= 0.3 is 0 Å². The van der Waals surface area contributed by atoms with E-state index in [1.54, 1.807) is 57.8 Å². The lowest BCUT2D eigenvalue weighted by Gasteiger charge is -2.16. The maximum absolute atomic E-state index is 5.99. The molecule has 0 aliphatic rings. The number of hydrogen-bond donors (Lipinski definition) is 0. The average Bonchev–Trinajstić information content (AvgIpc) is 3.04.